The van der Waals surface area contributed by atoms with E-state index in [4.69, 9.17) is 5.41 Å². The number of benzene rings is 1. The van der Waals surface area contributed by atoms with E-state index < -0.39 is 0 Å². The number of hydrogen-bond acceptors (Lipinski definition) is 2. The van der Waals surface area contributed by atoms with Gasteiger partial charge in [0, 0.05) is 46.5 Å². The highest BCUT2D eigenvalue weighted by molar-refractivity contribution is 9.10. The molecule has 3 nitrogen and oxygen atoms in total. The molecular weight excluding hydrogens is 386 g/mol. The molecule has 0 radical (unpaired) electrons. The van der Waals surface area contributed by atoms with Crippen LogP contribution < -0.4 is 0 Å². The number of fused-ring (bicyclic) bond motifs is 1. The maximum absolute atomic E-state index is 8.74. The lowest BCUT2D eigenvalue weighted by Crippen LogP contribution is -2.10. The Morgan fingerprint density at radius 2 is 1.96 bits per heavy atom. The summed E-state index contributed by atoms with van der Waals surface area (Å²) in [6.07, 6.45) is 6.93. The fraction of sp³-hybridized carbons (Fsp3) is 0.364. The van der Waals surface area contributed by atoms with Gasteiger partial charge in [0.2, 0.25) is 0 Å². The molecule has 0 atom stereocenters. The van der Waals surface area contributed by atoms with Crippen molar-refractivity contribution in [2.24, 2.45) is 0 Å². The minimum Gasteiger partial charge on any atom is -0.347 e. The molecule has 0 saturated heterocycles. The quantitative estimate of drug-likeness (QED) is 0.486. The molecular formula is C22H26BrN3. The number of aryl methyl sites for hydroxylation is 3. The highest BCUT2D eigenvalue weighted by atomic mass is 79.9. The Bertz CT molecular complexity index is 969. The van der Waals surface area contributed by atoms with Crippen LogP contribution in [0.3, 0.4) is 0 Å². The third-order valence-electron chi connectivity index (χ3n) is 5.06. The first-order chi connectivity index (χ1) is 12.4. The SMILES string of the molecule is CCCCn1ccc2c(CC(=N)c3c(C)cc(C)c(Br)c3C)nccc21. The second-order valence-electron chi connectivity index (χ2n) is 7.03. The van der Waals surface area contributed by atoms with Crippen LogP contribution in [0.2, 0.25) is 0 Å². The van der Waals surface area contributed by atoms with E-state index in [-0.39, 0.29) is 0 Å². The van der Waals surface area contributed by atoms with Crippen LogP contribution in [0.25, 0.3) is 10.9 Å². The summed E-state index contributed by atoms with van der Waals surface area (Å²) in [5.41, 5.74) is 7.37. The number of pyridine rings is 1. The Hall–Kier alpha value is -1.94. The lowest BCUT2D eigenvalue weighted by molar-refractivity contribution is 0.650. The van der Waals surface area contributed by atoms with E-state index in [1.54, 1.807) is 0 Å². The first-order valence-corrected chi connectivity index (χ1v) is 10.00. The molecule has 0 bridgehead atoms. The Morgan fingerprint density at radius 1 is 1.19 bits per heavy atom. The Balaban J connectivity index is 1.96. The van der Waals surface area contributed by atoms with E-state index in [1.807, 2.05) is 6.20 Å². The molecule has 0 unspecified atom stereocenters. The summed E-state index contributed by atoms with van der Waals surface area (Å²) in [6.45, 7) is 9.52. The van der Waals surface area contributed by atoms with Crippen molar-refractivity contribution < 1.29 is 0 Å². The van der Waals surface area contributed by atoms with Gasteiger partial charge in [0.15, 0.2) is 0 Å². The molecule has 0 amide bonds. The number of nitrogens with one attached hydrogen (secondary N) is 1. The van der Waals surface area contributed by atoms with Crippen LogP contribution in [0.1, 0.15) is 47.7 Å². The maximum Gasteiger partial charge on any atom is 0.0556 e. The van der Waals surface area contributed by atoms with Crippen molar-refractivity contribution in [3.63, 3.8) is 0 Å². The van der Waals surface area contributed by atoms with Crippen LogP contribution in [0.15, 0.2) is 35.1 Å². The highest BCUT2D eigenvalue weighted by Crippen LogP contribution is 2.28. The summed E-state index contributed by atoms with van der Waals surface area (Å²) in [5.74, 6) is 0. The topological polar surface area (TPSA) is 41.7 Å². The average molecular weight is 412 g/mol. The van der Waals surface area contributed by atoms with Crippen molar-refractivity contribution in [1.82, 2.24) is 9.55 Å². The molecule has 4 heteroatoms. The van der Waals surface area contributed by atoms with Gasteiger partial charge in [-0.2, -0.15) is 0 Å². The van der Waals surface area contributed by atoms with Gasteiger partial charge in [0.25, 0.3) is 0 Å². The first kappa shape index (κ1) is 18.8. The fourth-order valence-electron chi connectivity index (χ4n) is 3.73. The lowest BCUT2D eigenvalue weighted by atomic mass is 9.93. The summed E-state index contributed by atoms with van der Waals surface area (Å²) in [5, 5.41) is 9.90. The zero-order valence-corrected chi connectivity index (χ0v) is 17.6. The predicted molar refractivity (Wildman–Crippen MR) is 114 cm³/mol. The van der Waals surface area contributed by atoms with E-state index in [0.717, 1.165) is 38.8 Å². The second-order valence-corrected chi connectivity index (χ2v) is 7.83. The third kappa shape index (κ3) is 3.48. The van der Waals surface area contributed by atoms with Gasteiger partial charge >= 0.3 is 0 Å². The minimum atomic E-state index is 0.548. The molecule has 0 saturated carbocycles. The zero-order chi connectivity index (χ0) is 18.8. The maximum atomic E-state index is 8.74. The number of rotatable bonds is 6. The molecule has 0 fully saturated rings. The summed E-state index contributed by atoms with van der Waals surface area (Å²) < 4.78 is 3.40. The van der Waals surface area contributed by atoms with Crippen molar-refractivity contribution in [3.05, 3.63) is 63.0 Å². The van der Waals surface area contributed by atoms with Crippen LogP contribution in [0, 0.1) is 26.2 Å². The van der Waals surface area contributed by atoms with Crippen LogP contribution in [-0.2, 0) is 13.0 Å². The number of aromatic nitrogens is 2. The molecule has 0 aliphatic heterocycles. The van der Waals surface area contributed by atoms with Gasteiger partial charge in [0.1, 0.15) is 0 Å². The second kappa shape index (κ2) is 7.75. The Labute approximate surface area is 164 Å². The first-order valence-electron chi connectivity index (χ1n) is 9.20. The van der Waals surface area contributed by atoms with Gasteiger partial charge in [0.05, 0.1) is 11.2 Å². The largest absolute Gasteiger partial charge is 0.347 e. The number of hydrogen-bond donors (Lipinski definition) is 1. The van der Waals surface area contributed by atoms with Crippen molar-refractivity contribution >= 4 is 32.5 Å². The summed E-state index contributed by atoms with van der Waals surface area (Å²) in [7, 11) is 0. The molecule has 3 rings (SSSR count). The molecule has 2 heterocycles. The monoisotopic (exact) mass is 411 g/mol. The van der Waals surface area contributed by atoms with Gasteiger partial charge < -0.3 is 9.98 Å². The standard InChI is InChI=1S/C22H26BrN3/c1-5-6-10-26-11-8-17-19(25-9-7-20(17)26)13-18(24)21-14(2)12-15(3)22(23)16(21)4/h7-9,11-12,24H,5-6,10,13H2,1-4H3. The van der Waals surface area contributed by atoms with Crippen molar-refractivity contribution in [2.45, 2.75) is 53.5 Å². The van der Waals surface area contributed by atoms with Crippen molar-refractivity contribution in [2.75, 3.05) is 0 Å². The van der Waals surface area contributed by atoms with E-state index in [0.29, 0.717) is 12.1 Å². The average Bonchev–Trinajstić information content (AvgIpc) is 3.02. The van der Waals surface area contributed by atoms with Crippen molar-refractivity contribution in [3.8, 4) is 0 Å². The van der Waals surface area contributed by atoms with Gasteiger partial charge in [-0.05, 0) is 56.0 Å². The third-order valence-corrected chi connectivity index (χ3v) is 6.28. The van der Waals surface area contributed by atoms with Crippen LogP contribution >= 0.6 is 15.9 Å². The fourth-order valence-corrected chi connectivity index (χ4v) is 4.04. The molecule has 0 aliphatic rings. The minimum absolute atomic E-state index is 0.548. The predicted octanol–water partition coefficient (Wildman–Crippen LogP) is 6.13. The molecule has 1 N–H and O–H groups in total. The Kier molecular flexibility index (Phi) is 5.61. The van der Waals surface area contributed by atoms with Crippen LogP contribution in [-0.4, -0.2) is 15.3 Å². The molecule has 0 spiro atoms. The molecule has 26 heavy (non-hydrogen) atoms. The van der Waals surface area contributed by atoms with Crippen LogP contribution in [0.5, 0.6) is 0 Å². The smallest absolute Gasteiger partial charge is 0.0556 e. The highest BCUT2D eigenvalue weighted by Gasteiger charge is 2.16. The summed E-state index contributed by atoms with van der Waals surface area (Å²) >= 11 is 3.67. The Morgan fingerprint density at radius 3 is 2.69 bits per heavy atom. The van der Waals surface area contributed by atoms with E-state index in [9.17, 15) is 0 Å². The normalized spacial score (nSPS) is 11.3. The van der Waals surface area contributed by atoms with Gasteiger partial charge in [-0.1, -0.05) is 35.3 Å². The zero-order valence-electron chi connectivity index (χ0n) is 16.0. The molecule has 2 aromatic heterocycles. The number of nitrogens with zero attached hydrogens (tertiary/aromatic N) is 2. The van der Waals surface area contributed by atoms with E-state index >= 15 is 0 Å². The van der Waals surface area contributed by atoms with Crippen LogP contribution in [0.4, 0.5) is 0 Å². The van der Waals surface area contributed by atoms with E-state index in [2.05, 4.69) is 77.6 Å². The molecule has 3 aromatic rings. The summed E-state index contributed by atoms with van der Waals surface area (Å²) in [6, 6.07) is 6.37. The van der Waals surface area contributed by atoms with Gasteiger partial charge in [-0.25, -0.2) is 0 Å². The molecule has 0 aliphatic carbocycles. The van der Waals surface area contributed by atoms with Gasteiger partial charge in [-0.3, -0.25) is 4.98 Å². The van der Waals surface area contributed by atoms with Gasteiger partial charge in [-0.15, -0.1) is 0 Å². The van der Waals surface area contributed by atoms with Crippen molar-refractivity contribution in [1.29, 1.82) is 5.41 Å². The number of halogens is 1. The van der Waals surface area contributed by atoms with E-state index in [1.165, 1.54) is 23.9 Å². The lowest BCUT2D eigenvalue weighted by Gasteiger charge is -2.15. The number of unbranched alkanes of at least 4 members (excludes halogenated alkanes) is 1. The molecule has 136 valence electrons. The summed E-state index contributed by atoms with van der Waals surface area (Å²) in [4.78, 5) is 4.60. The molecule has 1 aromatic carbocycles.